The number of amides is 1. The summed E-state index contributed by atoms with van der Waals surface area (Å²) in [6.45, 7) is 2.16. The normalized spacial score (nSPS) is 10.7. The van der Waals surface area contributed by atoms with E-state index in [2.05, 4.69) is 9.97 Å². The Labute approximate surface area is 191 Å². The van der Waals surface area contributed by atoms with E-state index in [0.29, 0.717) is 18.7 Å². The number of nitrogens with one attached hydrogen (secondary N) is 1. The number of hydrogen-bond donors (Lipinski definition) is 1. The zero-order valence-electron chi connectivity index (χ0n) is 18.3. The monoisotopic (exact) mass is 440 g/mol. The largest absolute Gasteiger partial charge is 0.332 e. The first-order chi connectivity index (χ1) is 16.0. The van der Waals surface area contributed by atoms with Crippen molar-refractivity contribution in [2.75, 3.05) is 0 Å². The van der Waals surface area contributed by atoms with Gasteiger partial charge >= 0.3 is 5.69 Å². The van der Waals surface area contributed by atoms with Gasteiger partial charge in [0.25, 0.3) is 5.56 Å². The van der Waals surface area contributed by atoms with Gasteiger partial charge in [0.1, 0.15) is 6.54 Å². The summed E-state index contributed by atoms with van der Waals surface area (Å²) in [4.78, 5) is 45.3. The zero-order valence-corrected chi connectivity index (χ0v) is 18.3. The number of carbonyl (C=O) groups is 1. The fourth-order valence-corrected chi connectivity index (χ4v) is 3.69. The first-order valence-electron chi connectivity index (χ1n) is 10.6. The van der Waals surface area contributed by atoms with Crippen LogP contribution in [-0.4, -0.2) is 25.3 Å². The molecule has 0 unspecified atom stereocenters. The average Bonchev–Trinajstić information content (AvgIpc) is 2.83. The quantitative estimate of drug-likeness (QED) is 0.478. The minimum Gasteiger partial charge on any atom is -0.332 e. The molecule has 7 heteroatoms. The van der Waals surface area contributed by atoms with E-state index in [4.69, 9.17) is 0 Å². The van der Waals surface area contributed by atoms with E-state index in [1.807, 2.05) is 66.7 Å². The number of benzene rings is 2. The molecular weight excluding hydrogens is 416 g/mol. The lowest BCUT2D eigenvalue weighted by Crippen LogP contribution is -2.38. The summed E-state index contributed by atoms with van der Waals surface area (Å²) in [6.07, 6.45) is 4.79. The molecule has 166 valence electrons. The molecule has 0 aliphatic carbocycles. The first-order valence-corrected chi connectivity index (χ1v) is 10.6. The van der Waals surface area contributed by atoms with Crippen LogP contribution in [0, 0.1) is 6.92 Å². The van der Waals surface area contributed by atoms with E-state index in [1.165, 1.54) is 10.8 Å². The Morgan fingerprint density at radius 3 is 2.39 bits per heavy atom. The van der Waals surface area contributed by atoms with Crippen molar-refractivity contribution in [3.63, 3.8) is 0 Å². The lowest BCUT2D eigenvalue weighted by atomic mass is 9.99. The number of rotatable bonds is 7. The second kappa shape index (κ2) is 9.91. The highest BCUT2D eigenvalue weighted by molar-refractivity contribution is 5.77. The third-order valence-electron chi connectivity index (χ3n) is 5.43. The van der Waals surface area contributed by atoms with Gasteiger partial charge in [0, 0.05) is 37.2 Å². The number of H-pyrrole nitrogens is 1. The Morgan fingerprint density at radius 1 is 0.939 bits per heavy atom. The Balaban J connectivity index is 1.67. The zero-order chi connectivity index (χ0) is 23.2. The maximum absolute atomic E-state index is 13.4. The second-order valence-corrected chi connectivity index (χ2v) is 7.83. The molecular formula is C26H24N4O3. The summed E-state index contributed by atoms with van der Waals surface area (Å²) in [6, 6.07) is 21.7. The predicted molar refractivity (Wildman–Crippen MR) is 126 cm³/mol. The van der Waals surface area contributed by atoms with Crippen LogP contribution in [0.1, 0.15) is 16.7 Å². The van der Waals surface area contributed by atoms with Gasteiger partial charge in [0.05, 0.1) is 0 Å². The number of aromatic amines is 1. The molecule has 0 saturated heterocycles. The maximum Gasteiger partial charge on any atom is 0.328 e. The SMILES string of the molecule is Cc1cn(CC(=O)N(Cc2ccncc2)Cc2ccccc2-c2ccccc2)c(=O)[nH]c1=O. The van der Waals surface area contributed by atoms with Gasteiger partial charge in [-0.3, -0.25) is 24.1 Å². The number of pyridine rings is 1. The summed E-state index contributed by atoms with van der Waals surface area (Å²) in [5.41, 5.74) is 3.36. The molecule has 0 spiro atoms. The molecule has 0 radical (unpaired) electrons. The van der Waals surface area contributed by atoms with Gasteiger partial charge in [-0.05, 0) is 41.3 Å². The van der Waals surface area contributed by atoms with Crippen molar-refractivity contribution in [3.05, 3.63) is 123 Å². The molecule has 0 saturated carbocycles. The van der Waals surface area contributed by atoms with Gasteiger partial charge in [0.2, 0.25) is 5.91 Å². The van der Waals surface area contributed by atoms with Gasteiger partial charge in [-0.15, -0.1) is 0 Å². The van der Waals surface area contributed by atoms with Crippen LogP contribution in [0.15, 0.2) is 94.9 Å². The molecule has 0 aliphatic rings. The highest BCUT2D eigenvalue weighted by atomic mass is 16.2. The number of aryl methyl sites for hydroxylation is 1. The van der Waals surface area contributed by atoms with Crippen LogP contribution in [0.4, 0.5) is 0 Å². The van der Waals surface area contributed by atoms with Gasteiger partial charge in [-0.25, -0.2) is 4.79 Å². The highest BCUT2D eigenvalue weighted by Gasteiger charge is 2.18. The molecule has 4 rings (SSSR count). The van der Waals surface area contributed by atoms with E-state index in [1.54, 1.807) is 24.2 Å². The van der Waals surface area contributed by atoms with Crippen LogP contribution in [0.2, 0.25) is 0 Å². The number of carbonyl (C=O) groups excluding carboxylic acids is 1. The third kappa shape index (κ3) is 5.33. The molecule has 2 aromatic heterocycles. The van der Waals surface area contributed by atoms with Crippen molar-refractivity contribution in [2.24, 2.45) is 0 Å². The van der Waals surface area contributed by atoms with E-state index in [9.17, 15) is 14.4 Å². The number of aromatic nitrogens is 3. The summed E-state index contributed by atoms with van der Waals surface area (Å²) in [5.74, 6) is -0.233. The topological polar surface area (TPSA) is 88.1 Å². The minimum atomic E-state index is -0.604. The smallest absolute Gasteiger partial charge is 0.328 e. The summed E-state index contributed by atoms with van der Waals surface area (Å²) in [7, 11) is 0. The molecule has 0 bridgehead atoms. The van der Waals surface area contributed by atoms with Crippen LogP contribution >= 0.6 is 0 Å². The standard InChI is InChI=1S/C26H24N4O3/c1-19-15-30(26(33)28-25(19)32)18-24(31)29(16-20-11-13-27-14-12-20)17-22-9-5-6-10-23(22)21-7-3-2-4-8-21/h2-15H,16-18H2,1H3,(H,28,32,33). The van der Waals surface area contributed by atoms with E-state index in [-0.39, 0.29) is 12.5 Å². The number of hydrogen-bond acceptors (Lipinski definition) is 4. The molecule has 4 aromatic rings. The van der Waals surface area contributed by atoms with Crippen LogP contribution < -0.4 is 11.2 Å². The molecule has 33 heavy (non-hydrogen) atoms. The van der Waals surface area contributed by atoms with Crippen LogP contribution in [0.3, 0.4) is 0 Å². The van der Waals surface area contributed by atoms with Crippen molar-refractivity contribution < 1.29 is 4.79 Å². The molecule has 2 heterocycles. The van der Waals surface area contributed by atoms with Gasteiger partial charge in [-0.2, -0.15) is 0 Å². The van der Waals surface area contributed by atoms with Crippen molar-refractivity contribution >= 4 is 5.91 Å². The number of nitrogens with zero attached hydrogens (tertiary/aromatic N) is 3. The first kappa shape index (κ1) is 22.0. The molecule has 1 amide bonds. The van der Waals surface area contributed by atoms with Crippen LogP contribution in [0.25, 0.3) is 11.1 Å². The van der Waals surface area contributed by atoms with Crippen molar-refractivity contribution in [2.45, 2.75) is 26.6 Å². The van der Waals surface area contributed by atoms with Crippen LogP contribution in [0.5, 0.6) is 0 Å². The van der Waals surface area contributed by atoms with Crippen LogP contribution in [-0.2, 0) is 24.4 Å². The van der Waals surface area contributed by atoms with Crippen molar-refractivity contribution in [1.29, 1.82) is 0 Å². The summed E-state index contributed by atoms with van der Waals surface area (Å²) in [5, 5.41) is 0. The molecule has 2 aromatic carbocycles. The fraction of sp³-hybridized carbons (Fsp3) is 0.154. The molecule has 0 atom stereocenters. The lowest BCUT2D eigenvalue weighted by molar-refractivity contribution is -0.133. The summed E-state index contributed by atoms with van der Waals surface area (Å²) >= 11 is 0. The molecule has 7 nitrogen and oxygen atoms in total. The van der Waals surface area contributed by atoms with Crippen molar-refractivity contribution in [3.8, 4) is 11.1 Å². The predicted octanol–water partition coefficient (Wildman–Crippen LogP) is 3.14. The second-order valence-electron chi connectivity index (χ2n) is 7.83. The third-order valence-corrected chi connectivity index (χ3v) is 5.43. The van der Waals surface area contributed by atoms with Gasteiger partial charge < -0.3 is 4.90 Å². The fourth-order valence-electron chi connectivity index (χ4n) is 3.69. The molecule has 0 aliphatic heterocycles. The average molecular weight is 441 g/mol. The van der Waals surface area contributed by atoms with Gasteiger partial charge in [-0.1, -0.05) is 54.6 Å². The van der Waals surface area contributed by atoms with E-state index >= 15 is 0 Å². The minimum absolute atomic E-state index is 0.172. The van der Waals surface area contributed by atoms with E-state index < -0.39 is 11.2 Å². The Hall–Kier alpha value is -4.26. The maximum atomic E-state index is 13.4. The summed E-state index contributed by atoms with van der Waals surface area (Å²) < 4.78 is 1.24. The Morgan fingerprint density at radius 2 is 1.64 bits per heavy atom. The molecule has 1 N–H and O–H groups in total. The molecule has 0 fully saturated rings. The van der Waals surface area contributed by atoms with Gasteiger partial charge in [0.15, 0.2) is 0 Å². The van der Waals surface area contributed by atoms with E-state index in [0.717, 1.165) is 22.3 Å². The Kier molecular flexibility index (Phi) is 6.59. The Bertz CT molecular complexity index is 1360. The highest BCUT2D eigenvalue weighted by Crippen LogP contribution is 2.25. The lowest BCUT2D eigenvalue weighted by Gasteiger charge is -2.25. The van der Waals surface area contributed by atoms with Crippen molar-refractivity contribution in [1.82, 2.24) is 19.4 Å².